The molecule has 0 radical (unpaired) electrons. The Kier molecular flexibility index (Phi) is 8.57. The Bertz CT molecular complexity index is 666. The van der Waals surface area contributed by atoms with Crippen LogP contribution >= 0.6 is 12.4 Å². The Morgan fingerprint density at radius 3 is 2.11 bits per heavy atom. The third kappa shape index (κ3) is 6.41. The molecule has 0 saturated carbocycles. The number of amides is 1. The SMILES string of the molecule is Cl.N=C(NC(=N)N1CCCC1)Nc1ccc(CCC(=O)N2CCCCC2)cc1. The lowest BCUT2D eigenvalue weighted by molar-refractivity contribution is -0.132. The van der Waals surface area contributed by atoms with E-state index < -0.39 is 0 Å². The van der Waals surface area contributed by atoms with E-state index in [1.165, 1.54) is 6.42 Å². The lowest BCUT2D eigenvalue weighted by Gasteiger charge is -2.26. The number of hydrogen-bond acceptors (Lipinski definition) is 3. The highest BCUT2D eigenvalue weighted by Crippen LogP contribution is 2.14. The van der Waals surface area contributed by atoms with E-state index in [2.05, 4.69) is 10.6 Å². The Hall–Kier alpha value is -2.28. The predicted octanol–water partition coefficient (Wildman–Crippen LogP) is 3.02. The van der Waals surface area contributed by atoms with Gasteiger partial charge < -0.3 is 15.1 Å². The van der Waals surface area contributed by atoms with Crippen molar-refractivity contribution >= 4 is 35.9 Å². The fraction of sp³-hybridized carbons (Fsp3) is 0.550. The van der Waals surface area contributed by atoms with Crippen LogP contribution in [0.4, 0.5) is 5.69 Å². The number of halogens is 1. The summed E-state index contributed by atoms with van der Waals surface area (Å²) in [5.74, 6) is 0.626. The molecule has 4 N–H and O–H groups in total. The Morgan fingerprint density at radius 1 is 0.893 bits per heavy atom. The highest BCUT2D eigenvalue weighted by Gasteiger charge is 2.17. The van der Waals surface area contributed by atoms with Gasteiger partial charge in [-0.1, -0.05) is 12.1 Å². The smallest absolute Gasteiger partial charge is 0.222 e. The number of aryl methyl sites for hydroxylation is 1. The van der Waals surface area contributed by atoms with E-state index >= 15 is 0 Å². The van der Waals surface area contributed by atoms with E-state index in [9.17, 15) is 4.79 Å². The standard InChI is InChI=1S/C20H30N6O.ClH/c21-19(24-20(22)26-14-4-5-15-26)23-17-9-6-16(7-10-17)8-11-18(27)25-12-2-1-3-13-25;/h6-7,9-10H,1-5,8,11-15H2,(H4,21,22,23,24);1H. The monoisotopic (exact) mass is 406 g/mol. The van der Waals surface area contributed by atoms with E-state index in [1.54, 1.807) is 0 Å². The van der Waals surface area contributed by atoms with Gasteiger partial charge in [0.2, 0.25) is 5.91 Å². The number of anilines is 1. The Labute approximate surface area is 173 Å². The zero-order valence-electron chi connectivity index (χ0n) is 16.3. The van der Waals surface area contributed by atoms with Crippen molar-refractivity contribution in [3.05, 3.63) is 29.8 Å². The van der Waals surface area contributed by atoms with Crippen LogP contribution in [0.1, 0.15) is 44.1 Å². The lowest BCUT2D eigenvalue weighted by Crippen LogP contribution is -2.44. The first-order chi connectivity index (χ1) is 13.1. The molecular weight excluding hydrogens is 376 g/mol. The topological polar surface area (TPSA) is 95.3 Å². The molecular formula is C20H31ClN6O. The van der Waals surface area contributed by atoms with Gasteiger partial charge in [0.1, 0.15) is 0 Å². The number of benzene rings is 1. The first-order valence-electron chi connectivity index (χ1n) is 9.94. The highest BCUT2D eigenvalue weighted by molar-refractivity contribution is 6.02. The zero-order valence-corrected chi connectivity index (χ0v) is 17.1. The van der Waals surface area contributed by atoms with Gasteiger partial charge in [-0.3, -0.25) is 20.9 Å². The highest BCUT2D eigenvalue weighted by atomic mass is 35.5. The third-order valence-corrected chi connectivity index (χ3v) is 5.23. The van der Waals surface area contributed by atoms with Gasteiger partial charge in [0.05, 0.1) is 0 Å². The summed E-state index contributed by atoms with van der Waals surface area (Å²) in [5.41, 5.74) is 1.92. The van der Waals surface area contributed by atoms with E-state index in [0.717, 1.165) is 69.5 Å². The van der Waals surface area contributed by atoms with Gasteiger partial charge in [-0.2, -0.15) is 0 Å². The van der Waals surface area contributed by atoms with Crippen molar-refractivity contribution in [2.45, 2.75) is 44.9 Å². The minimum absolute atomic E-state index is 0. The molecule has 0 spiro atoms. The number of nitrogens with one attached hydrogen (secondary N) is 4. The van der Waals surface area contributed by atoms with Crippen LogP contribution in [0.15, 0.2) is 24.3 Å². The van der Waals surface area contributed by atoms with Crippen LogP contribution in [0.5, 0.6) is 0 Å². The molecule has 0 aliphatic carbocycles. The fourth-order valence-electron chi connectivity index (χ4n) is 3.62. The van der Waals surface area contributed by atoms with Gasteiger partial charge in [0.25, 0.3) is 0 Å². The molecule has 8 heteroatoms. The minimum atomic E-state index is 0. The first-order valence-corrected chi connectivity index (χ1v) is 9.94. The number of hydrogen-bond donors (Lipinski definition) is 4. The van der Waals surface area contributed by atoms with Crippen LogP contribution in [-0.4, -0.2) is 53.8 Å². The molecule has 2 saturated heterocycles. The normalized spacial score (nSPS) is 16.3. The number of piperidine rings is 1. The van der Waals surface area contributed by atoms with Gasteiger partial charge in [-0.15, -0.1) is 12.4 Å². The molecule has 28 heavy (non-hydrogen) atoms. The summed E-state index contributed by atoms with van der Waals surface area (Å²) < 4.78 is 0. The summed E-state index contributed by atoms with van der Waals surface area (Å²) >= 11 is 0. The van der Waals surface area contributed by atoms with E-state index in [0.29, 0.717) is 6.42 Å². The molecule has 2 fully saturated rings. The van der Waals surface area contributed by atoms with Crippen molar-refractivity contribution in [2.24, 2.45) is 0 Å². The number of nitrogens with zero attached hydrogens (tertiary/aromatic N) is 2. The predicted molar refractivity (Wildman–Crippen MR) is 115 cm³/mol. The second-order valence-corrected chi connectivity index (χ2v) is 7.31. The maximum atomic E-state index is 12.2. The molecule has 154 valence electrons. The largest absolute Gasteiger partial charge is 0.343 e. The van der Waals surface area contributed by atoms with Crippen molar-refractivity contribution in [3.8, 4) is 0 Å². The molecule has 2 aliphatic rings. The molecule has 0 bridgehead atoms. The first kappa shape index (κ1) is 22.0. The molecule has 0 aromatic heterocycles. The molecule has 1 aromatic rings. The molecule has 3 rings (SSSR count). The average Bonchev–Trinajstić information content (AvgIpc) is 3.23. The van der Waals surface area contributed by atoms with E-state index in [1.807, 2.05) is 34.1 Å². The van der Waals surface area contributed by atoms with Crippen LogP contribution in [0.25, 0.3) is 0 Å². The molecule has 0 unspecified atom stereocenters. The van der Waals surface area contributed by atoms with E-state index in [4.69, 9.17) is 10.8 Å². The summed E-state index contributed by atoms with van der Waals surface area (Å²) in [4.78, 5) is 16.2. The third-order valence-electron chi connectivity index (χ3n) is 5.23. The van der Waals surface area contributed by atoms with Gasteiger partial charge >= 0.3 is 0 Å². The summed E-state index contributed by atoms with van der Waals surface area (Å²) in [6.45, 7) is 3.57. The molecule has 2 heterocycles. The second-order valence-electron chi connectivity index (χ2n) is 7.31. The van der Waals surface area contributed by atoms with Crippen LogP contribution in [-0.2, 0) is 11.2 Å². The number of rotatable bonds is 4. The zero-order chi connectivity index (χ0) is 19.1. The Balaban J connectivity index is 0.00000280. The van der Waals surface area contributed by atoms with Crippen molar-refractivity contribution in [1.82, 2.24) is 15.1 Å². The molecule has 7 nitrogen and oxygen atoms in total. The molecule has 2 aliphatic heterocycles. The Morgan fingerprint density at radius 2 is 1.46 bits per heavy atom. The molecule has 0 atom stereocenters. The van der Waals surface area contributed by atoms with Crippen LogP contribution in [0.3, 0.4) is 0 Å². The maximum Gasteiger partial charge on any atom is 0.222 e. The maximum absolute atomic E-state index is 12.2. The van der Waals surface area contributed by atoms with Crippen molar-refractivity contribution in [3.63, 3.8) is 0 Å². The summed E-state index contributed by atoms with van der Waals surface area (Å²) in [6.07, 6.45) is 6.99. The van der Waals surface area contributed by atoms with Crippen molar-refractivity contribution < 1.29 is 4.79 Å². The van der Waals surface area contributed by atoms with Gasteiger partial charge in [0.15, 0.2) is 11.9 Å². The summed E-state index contributed by atoms with van der Waals surface area (Å²) in [5, 5.41) is 21.7. The van der Waals surface area contributed by atoms with Crippen molar-refractivity contribution in [2.75, 3.05) is 31.5 Å². The summed E-state index contributed by atoms with van der Waals surface area (Å²) in [6, 6.07) is 7.81. The van der Waals surface area contributed by atoms with Crippen LogP contribution in [0.2, 0.25) is 0 Å². The quantitative estimate of drug-likeness (QED) is 0.456. The molecule has 1 amide bonds. The van der Waals surface area contributed by atoms with Crippen LogP contribution < -0.4 is 10.6 Å². The minimum Gasteiger partial charge on any atom is -0.343 e. The van der Waals surface area contributed by atoms with Gasteiger partial charge in [-0.25, -0.2) is 0 Å². The number of likely N-dealkylation sites (tertiary alicyclic amines) is 2. The van der Waals surface area contributed by atoms with Gasteiger partial charge in [-0.05, 0) is 56.2 Å². The number of carbonyl (C=O) groups excluding carboxylic acids is 1. The van der Waals surface area contributed by atoms with E-state index in [-0.39, 0.29) is 30.2 Å². The van der Waals surface area contributed by atoms with Crippen molar-refractivity contribution in [1.29, 1.82) is 10.8 Å². The number of carbonyl (C=O) groups is 1. The average molecular weight is 407 g/mol. The molecule has 1 aromatic carbocycles. The van der Waals surface area contributed by atoms with Crippen LogP contribution in [0, 0.1) is 10.8 Å². The van der Waals surface area contributed by atoms with Gasteiger partial charge in [0, 0.05) is 38.3 Å². The lowest BCUT2D eigenvalue weighted by atomic mass is 10.1. The number of guanidine groups is 2. The fourth-order valence-corrected chi connectivity index (χ4v) is 3.62. The summed E-state index contributed by atoms with van der Waals surface area (Å²) in [7, 11) is 0. The second kappa shape index (κ2) is 10.9.